The lowest BCUT2D eigenvalue weighted by Crippen LogP contribution is -2.33. The van der Waals surface area contributed by atoms with Crippen LogP contribution in [-0.2, 0) is 22.5 Å². The number of fused-ring (bicyclic) bond motifs is 1. The molecule has 1 aromatic heterocycles. The zero-order chi connectivity index (χ0) is 15.4. The van der Waals surface area contributed by atoms with Crippen LogP contribution in [0.2, 0.25) is 0 Å². The quantitative estimate of drug-likeness (QED) is 0.917. The van der Waals surface area contributed by atoms with Crippen molar-refractivity contribution >= 4 is 5.91 Å². The number of carbonyl (C=O) groups excluding carboxylic acids is 1. The van der Waals surface area contributed by atoms with Crippen molar-refractivity contribution in [3.8, 4) is 5.75 Å². The first-order chi connectivity index (χ1) is 10.8. The average molecular weight is 302 g/mol. The van der Waals surface area contributed by atoms with E-state index in [1.165, 1.54) is 0 Å². The van der Waals surface area contributed by atoms with Crippen LogP contribution in [0.3, 0.4) is 0 Å². The number of para-hydroxylation sites is 1. The molecule has 0 aliphatic carbocycles. The fourth-order valence-electron chi connectivity index (χ4n) is 2.38. The Bertz CT molecular complexity index is 653. The maximum absolute atomic E-state index is 12.3. The van der Waals surface area contributed by atoms with E-state index >= 15 is 0 Å². The summed E-state index contributed by atoms with van der Waals surface area (Å²) in [6, 6.07) is 9.23. The maximum Gasteiger partial charge on any atom is 0.254 e. The third-order valence-electron chi connectivity index (χ3n) is 3.44. The Morgan fingerprint density at radius 2 is 2.27 bits per heavy atom. The Morgan fingerprint density at radius 3 is 3.14 bits per heavy atom. The Labute approximate surface area is 128 Å². The molecule has 22 heavy (non-hydrogen) atoms. The number of nitrogens with zero attached hydrogens (tertiary/aromatic N) is 1. The Morgan fingerprint density at radius 1 is 1.41 bits per heavy atom. The second-order valence-electron chi connectivity index (χ2n) is 5.10. The topological polar surface area (TPSA) is 73.6 Å². The number of aromatic nitrogens is 1. The molecule has 116 valence electrons. The standard InChI is InChI=1S/C16H18N2O4/c1-2-5-11-8-12(22-18-11)9-17-16(19)15-13-6-3-4-7-14(13)20-10-21-15/h3-4,6-8,15H,2,5,9-10H2,1H3,(H,17,19)/t15-/m1/s1. The normalized spacial score (nSPS) is 16.7. The molecular formula is C16H18N2O4. The van der Waals surface area contributed by atoms with Gasteiger partial charge in [-0.05, 0) is 12.5 Å². The summed E-state index contributed by atoms with van der Waals surface area (Å²) in [5, 5.41) is 6.77. The summed E-state index contributed by atoms with van der Waals surface area (Å²) in [7, 11) is 0. The number of aryl methyl sites for hydroxylation is 1. The molecule has 2 heterocycles. The lowest BCUT2D eigenvalue weighted by atomic mass is 10.1. The molecule has 0 unspecified atom stereocenters. The third-order valence-corrected chi connectivity index (χ3v) is 3.44. The summed E-state index contributed by atoms with van der Waals surface area (Å²) in [5.74, 6) is 1.10. The summed E-state index contributed by atoms with van der Waals surface area (Å²) < 4.78 is 16.0. The van der Waals surface area contributed by atoms with Crippen molar-refractivity contribution in [2.75, 3.05) is 6.79 Å². The number of nitrogens with one attached hydrogen (secondary N) is 1. The molecule has 1 amide bonds. The van der Waals surface area contributed by atoms with Crippen molar-refractivity contribution in [3.63, 3.8) is 0 Å². The molecule has 1 aliphatic rings. The predicted molar refractivity (Wildman–Crippen MR) is 78.1 cm³/mol. The zero-order valence-corrected chi connectivity index (χ0v) is 12.4. The first kappa shape index (κ1) is 14.6. The summed E-state index contributed by atoms with van der Waals surface area (Å²) in [6.45, 7) is 2.44. The molecule has 0 radical (unpaired) electrons. The Kier molecular flexibility index (Phi) is 4.39. The molecule has 0 saturated heterocycles. The molecule has 1 aromatic carbocycles. The van der Waals surface area contributed by atoms with E-state index in [0.29, 0.717) is 18.1 Å². The lowest BCUT2D eigenvalue weighted by Gasteiger charge is -2.25. The number of benzene rings is 1. The van der Waals surface area contributed by atoms with Gasteiger partial charge in [0.05, 0.1) is 12.2 Å². The fraction of sp³-hybridized carbons (Fsp3) is 0.375. The number of amides is 1. The van der Waals surface area contributed by atoms with Crippen LogP contribution >= 0.6 is 0 Å². The smallest absolute Gasteiger partial charge is 0.254 e. The highest BCUT2D eigenvalue weighted by molar-refractivity contribution is 5.83. The summed E-state index contributed by atoms with van der Waals surface area (Å²) in [6.07, 6.45) is 1.21. The van der Waals surface area contributed by atoms with Crippen LogP contribution in [0.4, 0.5) is 0 Å². The summed E-state index contributed by atoms with van der Waals surface area (Å²) in [4.78, 5) is 12.3. The van der Waals surface area contributed by atoms with Crippen LogP contribution < -0.4 is 10.1 Å². The molecular weight excluding hydrogens is 284 g/mol. The zero-order valence-electron chi connectivity index (χ0n) is 12.4. The molecule has 0 saturated carbocycles. The van der Waals surface area contributed by atoms with Gasteiger partial charge in [-0.1, -0.05) is 36.7 Å². The second kappa shape index (κ2) is 6.62. The Balaban J connectivity index is 1.63. The monoisotopic (exact) mass is 302 g/mol. The van der Waals surface area contributed by atoms with Crippen molar-refractivity contribution in [1.29, 1.82) is 0 Å². The molecule has 0 spiro atoms. The molecule has 0 fully saturated rings. The number of carbonyl (C=O) groups is 1. The van der Waals surface area contributed by atoms with Gasteiger partial charge < -0.3 is 19.3 Å². The average Bonchev–Trinajstić information content (AvgIpc) is 3.00. The van der Waals surface area contributed by atoms with Gasteiger partial charge >= 0.3 is 0 Å². The van der Waals surface area contributed by atoms with E-state index in [1.807, 2.05) is 30.3 Å². The minimum atomic E-state index is -0.664. The van der Waals surface area contributed by atoms with Crippen molar-refractivity contribution in [3.05, 3.63) is 47.3 Å². The number of ether oxygens (including phenoxy) is 2. The van der Waals surface area contributed by atoms with Gasteiger partial charge in [-0.2, -0.15) is 0 Å². The minimum absolute atomic E-state index is 0.0675. The van der Waals surface area contributed by atoms with E-state index in [0.717, 1.165) is 24.1 Å². The second-order valence-corrected chi connectivity index (χ2v) is 5.10. The molecule has 1 aliphatic heterocycles. The molecule has 1 atom stereocenters. The summed E-state index contributed by atoms with van der Waals surface area (Å²) in [5.41, 5.74) is 1.63. The molecule has 3 rings (SSSR count). The van der Waals surface area contributed by atoms with Gasteiger partial charge in [-0.3, -0.25) is 4.79 Å². The highest BCUT2D eigenvalue weighted by Gasteiger charge is 2.28. The Hall–Kier alpha value is -2.34. The van der Waals surface area contributed by atoms with E-state index < -0.39 is 6.10 Å². The van der Waals surface area contributed by atoms with E-state index in [1.54, 1.807) is 0 Å². The minimum Gasteiger partial charge on any atom is -0.467 e. The van der Waals surface area contributed by atoms with Crippen LogP contribution in [0.15, 0.2) is 34.9 Å². The van der Waals surface area contributed by atoms with Gasteiger partial charge in [0, 0.05) is 11.6 Å². The molecule has 6 heteroatoms. The van der Waals surface area contributed by atoms with Gasteiger partial charge in [-0.15, -0.1) is 0 Å². The maximum atomic E-state index is 12.3. The highest BCUT2D eigenvalue weighted by atomic mass is 16.7. The molecule has 0 bridgehead atoms. The van der Waals surface area contributed by atoms with E-state index in [4.69, 9.17) is 14.0 Å². The van der Waals surface area contributed by atoms with E-state index in [-0.39, 0.29) is 12.7 Å². The third kappa shape index (κ3) is 3.12. The largest absolute Gasteiger partial charge is 0.467 e. The van der Waals surface area contributed by atoms with Gasteiger partial charge in [0.25, 0.3) is 5.91 Å². The number of hydrogen-bond acceptors (Lipinski definition) is 5. The predicted octanol–water partition coefficient (Wildman–Crippen LogP) is 2.35. The van der Waals surface area contributed by atoms with E-state index in [9.17, 15) is 4.79 Å². The van der Waals surface area contributed by atoms with Gasteiger partial charge in [-0.25, -0.2) is 0 Å². The van der Waals surface area contributed by atoms with E-state index in [2.05, 4.69) is 17.4 Å². The number of rotatable bonds is 5. The SMILES string of the molecule is CCCc1cc(CNC(=O)[C@@H]2OCOc3ccccc32)on1. The van der Waals surface area contributed by atoms with Crippen molar-refractivity contribution in [1.82, 2.24) is 10.5 Å². The fourth-order valence-corrected chi connectivity index (χ4v) is 2.38. The first-order valence-corrected chi connectivity index (χ1v) is 7.33. The van der Waals surface area contributed by atoms with Gasteiger partial charge in [0.2, 0.25) is 0 Å². The molecule has 6 nitrogen and oxygen atoms in total. The van der Waals surface area contributed by atoms with Crippen LogP contribution in [0, 0.1) is 0 Å². The van der Waals surface area contributed by atoms with Crippen LogP contribution in [0.5, 0.6) is 5.75 Å². The van der Waals surface area contributed by atoms with Crippen molar-refractivity contribution in [2.45, 2.75) is 32.4 Å². The van der Waals surface area contributed by atoms with Crippen molar-refractivity contribution in [2.24, 2.45) is 0 Å². The first-order valence-electron chi connectivity index (χ1n) is 7.33. The molecule has 1 N–H and O–H groups in total. The lowest BCUT2D eigenvalue weighted by molar-refractivity contribution is -0.142. The molecule has 2 aromatic rings. The number of hydrogen-bond donors (Lipinski definition) is 1. The van der Waals surface area contributed by atoms with Crippen LogP contribution in [0.25, 0.3) is 0 Å². The van der Waals surface area contributed by atoms with Crippen LogP contribution in [-0.4, -0.2) is 17.9 Å². The summed E-state index contributed by atoms with van der Waals surface area (Å²) >= 11 is 0. The van der Waals surface area contributed by atoms with Gasteiger partial charge in [0.15, 0.2) is 18.7 Å². The highest BCUT2D eigenvalue weighted by Crippen LogP contribution is 2.31. The van der Waals surface area contributed by atoms with Crippen LogP contribution in [0.1, 0.15) is 36.5 Å². The van der Waals surface area contributed by atoms with Crippen molar-refractivity contribution < 1.29 is 18.8 Å². The van der Waals surface area contributed by atoms with Gasteiger partial charge in [0.1, 0.15) is 5.75 Å².